The molecule has 230 valence electrons. The third-order valence-electron chi connectivity index (χ3n) is 6.89. The summed E-state index contributed by atoms with van der Waals surface area (Å²) in [5, 5.41) is 21.4. The number of nitrogens with one attached hydrogen (secondary N) is 6. The molecule has 6 nitrogen and oxygen atoms in total. The molecule has 0 atom stereocenters. The lowest BCUT2D eigenvalue weighted by atomic mass is 10.1. The summed E-state index contributed by atoms with van der Waals surface area (Å²) in [6, 6.07) is 8.98. The topological polar surface area (TPSA) is 72.2 Å². The standard InChI is InChI=1S/C32H64N6.CH4/c1-3-5-7-9-18-33-20-12-22-35-24-14-26-37-29-31-16-11-17-32(28-31)30-38-27-15-25-36-23-13-21-34-19-10-8-6-4-2;/h11,16-17,28,33-38H,3-10,12-15,18-27,29-30H2,1-2H3;1H4. The molecular formula is C33H68N6. The van der Waals surface area contributed by atoms with E-state index in [1.54, 1.807) is 0 Å². The highest BCUT2D eigenvalue weighted by molar-refractivity contribution is 5.23. The molecular weight excluding hydrogens is 480 g/mol. The third-order valence-corrected chi connectivity index (χ3v) is 6.89. The molecule has 0 aliphatic rings. The predicted octanol–water partition coefficient (Wildman–Crippen LogP) is 5.58. The van der Waals surface area contributed by atoms with Gasteiger partial charge in [-0.1, -0.05) is 84.1 Å². The van der Waals surface area contributed by atoms with Crippen molar-refractivity contribution in [3.63, 3.8) is 0 Å². The minimum Gasteiger partial charge on any atom is -0.317 e. The molecule has 0 bridgehead atoms. The van der Waals surface area contributed by atoms with Crippen molar-refractivity contribution >= 4 is 0 Å². The molecule has 0 radical (unpaired) electrons. The van der Waals surface area contributed by atoms with E-state index in [9.17, 15) is 0 Å². The molecule has 1 aromatic carbocycles. The van der Waals surface area contributed by atoms with Gasteiger partial charge in [0.25, 0.3) is 0 Å². The molecule has 0 saturated carbocycles. The predicted molar refractivity (Wildman–Crippen MR) is 175 cm³/mol. The normalized spacial score (nSPS) is 11.1. The lowest BCUT2D eigenvalue weighted by Crippen LogP contribution is -2.25. The summed E-state index contributed by atoms with van der Waals surface area (Å²) >= 11 is 0. The Balaban J connectivity index is 0.0000144. The van der Waals surface area contributed by atoms with Crippen molar-refractivity contribution in [3.05, 3.63) is 35.4 Å². The summed E-state index contributed by atoms with van der Waals surface area (Å²) in [7, 11) is 0. The maximum Gasteiger partial charge on any atom is 0.0205 e. The van der Waals surface area contributed by atoms with Crippen LogP contribution < -0.4 is 31.9 Å². The molecule has 6 N–H and O–H groups in total. The van der Waals surface area contributed by atoms with Gasteiger partial charge in [-0.05, 0) is 115 Å². The Labute approximate surface area is 244 Å². The van der Waals surface area contributed by atoms with E-state index >= 15 is 0 Å². The molecule has 0 fully saturated rings. The molecule has 39 heavy (non-hydrogen) atoms. The molecule has 0 aromatic heterocycles. The van der Waals surface area contributed by atoms with Gasteiger partial charge in [0.1, 0.15) is 0 Å². The van der Waals surface area contributed by atoms with Gasteiger partial charge >= 0.3 is 0 Å². The Morgan fingerprint density at radius 2 is 0.744 bits per heavy atom. The molecule has 0 amide bonds. The van der Waals surface area contributed by atoms with Gasteiger partial charge in [0.15, 0.2) is 0 Å². The van der Waals surface area contributed by atoms with Gasteiger partial charge in [0, 0.05) is 13.1 Å². The molecule has 0 heterocycles. The second-order valence-electron chi connectivity index (χ2n) is 10.7. The van der Waals surface area contributed by atoms with Gasteiger partial charge < -0.3 is 31.9 Å². The van der Waals surface area contributed by atoms with Crippen LogP contribution in [0.1, 0.15) is 109 Å². The first kappa shape index (κ1) is 38.0. The van der Waals surface area contributed by atoms with Crippen LogP contribution in [0.25, 0.3) is 0 Å². The Hall–Kier alpha value is -1.02. The van der Waals surface area contributed by atoms with Crippen molar-refractivity contribution in [2.45, 2.75) is 111 Å². The van der Waals surface area contributed by atoms with Crippen LogP contribution in [0.15, 0.2) is 24.3 Å². The lowest BCUT2D eigenvalue weighted by molar-refractivity contribution is 0.550. The second-order valence-corrected chi connectivity index (χ2v) is 10.7. The van der Waals surface area contributed by atoms with E-state index in [1.165, 1.54) is 101 Å². The highest BCUT2D eigenvalue weighted by atomic mass is 14.9. The number of hydrogen-bond acceptors (Lipinski definition) is 6. The Morgan fingerprint density at radius 1 is 0.410 bits per heavy atom. The average molecular weight is 549 g/mol. The summed E-state index contributed by atoms with van der Waals surface area (Å²) in [6.07, 6.45) is 15.5. The molecule has 0 aliphatic carbocycles. The molecule has 1 aromatic rings. The molecule has 0 saturated heterocycles. The van der Waals surface area contributed by atoms with Gasteiger partial charge in [-0.3, -0.25) is 0 Å². The zero-order valence-corrected chi connectivity index (χ0v) is 25.3. The van der Waals surface area contributed by atoms with Crippen LogP contribution in [0, 0.1) is 0 Å². The molecule has 0 unspecified atom stereocenters. The van der Waals surface area contributed by atoms with E-state index in [1.807, 2.05) is 0 Å². The number of hydrogen-bond donors (Lipinski definition) is 6. The van der Waals surface area contributed by atoms with Crippen molar-refractivity contribution in [1.29, 1.82) is 0 Å². The first-order chi connectivity index (χ1) is 18.9. The van der Waals surface area contributed by atoms with Crippen LogP contribution in [0.2, 0.25) is 0 Å². The van der Waals surface area contributed by atoms with E-state index in [0.29, 0.717) is 0 Å². The van der Waals surface area contributed by atoms with Crippen LogP contribution >= 0.6 is 0 Å². The quantitative estimate of drug-likeness (QED) is 0.0705. The summed E-state index contributed by atoms with van der Waals surface area (Å²) < 4.78 is 0. The van der Waals surface area contributed by atoms with Gasteiger partial charge in [-0.25, -0.2) is 0 Å². The van der Waals surface area contributed by atoms with Gasteiger partial charge in [-0.2, -0.15) is 0 Å². The first-order valence-corrected chi connectivity index (χ1v) is 16.2. The third kappa shape index (κ3) is 26.9. The van der Waals surface area contributed by atoms with Crippen molar-refractivity contribution in [1.82, 2.24) is 31.9 Å². The molecule has 0 aliphatic heterocycles. The van der Waals surface area contributed by atoms with Crippen LogP contribution in [-0.2, 0) is 13.1 Å². The van der Waals surface area contributed by atoms with Crippen molar-refractivity contribution < 1.29 is 0 Å². The van der Waals surface area contributed by atoms with E-state index in [4.69, 9.17) is 0 Å². The zero-order valence-electron chi connectivity index (χ0n) is 25.3. The maximum absolute atomic E-state index is 3.60. The highest BCUT2D eigenvalue weighted by Gasteiger charge is 1.98. The van der Waals surface area contributed by atoms with Crippen molar-refractivity contribution in [2.24, 2.45) is 0 Å². The largest absolute Gasteiger partial charge is 0.317 e. The number of benzene rings is 1. The van der Waals surface area contributed by atoms with Gasteiger partial charge in [0.2, 0.25) is 0 Å². The van der Waals surface area contributed by atoms with E-state index in [0.717, 1.165) is 65.4 Å². The monoisotopic (exact) mass is 549 g/mol. The molecule has 1 rings (SSSR count). The fourth-order valence-electron chi connectivity index (χ4n) is 4.52. The number of rotatable bonds is 30. The van der Waals surface area contributed by atoms with E-state index in [2.05, 4.69) is 70.0 Å². The summed E-state index contributed by atoms with van der Waals surface area (Å²) in [6.45, 7) is 17.6. The second kappa shape index (κ2) is 31.5. The fraction of sp³-hybridized carbons (Fsp3) is 0.818. The van der Waals surface area contributed by atoms with Crippen molar-refractivity contribution in [2.75, 3.05) is 65.4 Å². The Bertz CT molecular complexity index is 550. The fourth-order valence-corrected chi connectivity index (χ4v) is 4.52. The van der Waals surface area contributed by atoms with Crippen LogP contribution in [0.5, 0.6) is 0 Å². The Kier molecular flexibility index (Phi) is 30.7. The average Bonchev–Trinajstić information content (AvgIpc) is 2.93. The summed E-state index contributed by atoms with van der Waals surface area (Å²) in [5.74, 6) is 0. The van der Waals surface area contributed by atoms with Gasteiger partial charge in [0.05, 0.1) is 0 Å². The van der Waals surface area contributed by atoms with Crippen LogP contribution in [-0.4, -0.2) is 65.4 Å². The van der Waals surface area contributed by atoms with E-state index < -0.39 is 0 Å². The van der Waals surface area contributed by atoms with E-state index in [-0.39, 0.29) is 7.43 Å². The summed E-state index contributed by atoms with van der Waals surface area (Å²) in [4.78, 5) is 0. The zero-order chi connectivity index (χ0) is 27.2. The SMILES string of the molecule is C.CCCCCCNCCCNCCCNCc1cccc(CNCCCNCCCNCCCCCC)c1. The van der Waals surface area contributed by atoms with Crippen LogP contribution in [0.4, 0.5) is 0 Å². The lowest BCUT2D eigenvalue weighted by Gasteiger charge is -2.10. The maximum atomic E-state index is 3.60. The smallest absolute Gasteiger partial charge is 0.0205 e. The summed E-state index contributed by atoms with van der Waals surface area (Å²) in [5.41, 5.74) is 2.76. The Morgan fingerprint density at radius 3 is 1.10 bits per heavy atom. The molecule has 0 spiro atoms. The number of unbranched alkanes of at least 4 members (excludes halogenated alkanes) is 6. The minimum atomic E-state index is 0. The molecule has 6 heteroatoms. The highest BCUT2D eigenvalue weighted by Crippen LogP contribution is 2.05. The van der Waals surface area contributed by atoms with Crippen LogP contribution in [0.3, 0.4) is 0 Å². The first-order valence-electron chi connectivity index (χ1n) is 16.2. The minimum absolute atomic E-state index is 0. The van der Waals surface area contributed by atoms with Crippen molar-refractivity contribution in [3.8, 4) is 0 Å². The van der Waals surface area contributed by atoms with Gasteiger partial charge in [-0.15, -0.1) is 0 Å².